The molecule has 3 saturated heterocycles. The molecule has 60 heavy (non-hydrogen) atoms. The van der Waals surface area contributed by atoms with Gasteiger partial charge in [-0.05, 0) is 18.2 Å². The van der Waals surface area contributed by atoms with E-state index < -0.39 is 154 Å². The molecule has 4 heterocycles. The van der Waals surface area contributed by atoms with Crippen LogP contribution in [0.15, 0.2) is 36.1 Å². The third-order valence-corrected chi connectivity index (χ3v) is 10.0. The Balaban J connectivity index is 1.21. The monoisotopic (exact) mass is 860 g/mol. The molecule has 2 aromatic carbocycles. The van der Waals surface area contributed by atoms with Crippen molar-refractivity contribution in [2.75, 3.05) is 19.8 Å². The van der Waals surface area contributed by atoms with Crippen molar-refractivity contribution in [2.45, 2.75) is 105 Å². The van der Waals surface area contributed by atoms with Crippen LogP contribution in [0.25, 0.3) is 6.08 Å². The van der Waals surface area contributed by atoms with Crippen molar-refractivity contribution in [1.29, 1.82) is 0 Å². The molecule has 0 saturated carbocycles. The lowest BCUT2D eigenvalue weighted by atomic mass is 9.97. The minimum atomic E-state index is -2.03. The van der Waals surface area contributed by atoms with E-state index in [1.165, 1.54) is 18.2 Å². The number of aliphatic hydroxyl groups excluding tert-OH is 11. The maximum absolute atomic E-state index is 12.0. The second-order valence-corrected chi connectivity index (χ2v) is 14.2. The first-order chi connectivity index (χ1) is 28.4. The summed E-state index contributed by atoms with van der Waals surface area (Å²) in [6.45, 7) is -2.41. The number of esters is 1. The van der Waals surface area contributed by atoms with E-state index in [0.29, 0.717) is 0 Å². The molecule has 6 rings (SSSR count). The molecule has 4 aliphatic heterocycles. The number of benzene rings is 2. The van der Waals surface area contributed by atoms with Gasteiger partial charge in [-0.25, -0.2) is 0 Å². The van der Waals surface area contributed by atoms with E-state index in [-0.39, 0.29) is 28.4 Å². The highest BCUT2D eigenvalue weighted by Gasteiger charge is 2.52. The quantitative estimate of drug-likeness (QED) is 0.0665. The van der Waals surface area contributed by atoms with Crippen LogP contribution in [0.4, 0.5) is 0 Å². The standard InChI is InChI=1S/C36H44O24/c37-8-19-24(45)27(48)29(50)34(57-19)56-17-2-1-11(3-15(17)40)32-16(41)6-13-14(39)4-12(5-18(13)55-32)54-36-31(52)33(26(47)21(59-36)10-53-23(44)7-22(42)43)60-35-30(51)28(49)25(46)20(9-38)58-35/h1-6,19-21,24-41,45-52H,7-10H2,(H,42,43)/t19-,20-,21+,24-,25-,26-,27+,28+,29+,30-,31+,32?,33+,34-,35+,36-/m1/s1. The molecule has 4 aliphatic rings. The molecule has 14 N–H and O–H groups in total. The van der Waals surface area contributed by atoms with Crippen LogP contribution in [0.3, 0.4) is 0 Å². The zero-order valence-corrected chi connectivity index (χ0v) is 30.9. The van der Waals surface area contributed by atoms with Gasteiger partial charge in [0.25, 0.3) is 0 Å². The lowest BCUT2D eigenvalue weighted by molar-refractivity contribution is -0.353. The van der Waals surface area contributed by atoms with Crippen LogP contribution in [0, 0.1) is 0 Å². The van der Waals surface area contributed by atoms with Gasteiger partial charge >= 0.3 is 11.9 Å². The fourth-order valence-corrected chi connectivity index (χ4v) is 6.75. The molecule has 332 valence electrons. The Kier molecular flexibility index (Phi) is 13.9. The molecule has 0 aliphatic carbocycles. The first-order valence-corrected chi connectivity index (χ1v) is 18.2. The SMILES string of the molecule is O=C(O)CC(=O)OC[C@@H]1O[C@@H](Oc2cc(O)c3c(c2)OC(c2ccc(O[C@@H]4O[C@H](CO)[C@@H](O)[C@H](O)[C@@H]4O)c(O)c2)C(O)=C3)[C@@H](O)[C@@H](O[C@@H]2O[C@H](CO)[C@@H](O)[C@H](O)[C@H]2O)[C@@H]1O. The van der Waals surface area contributed by atoms with Crippen LogP contribution in [0.1, 0.15) is 23.7 Å². The molecule has 1 unspecified atom stereocenters. The Bertz CT molecular complexity index is 1870. The van der Waals surface area contributed by atoms with Gasteiger partial charge in [0.15, 0.2) is 23.9 Å². The second kappa shape index (κ2) is 18.5. The zero-order valence-electron chi connectivity index (χ0n) is 30.9. The average Bonchev–Trinajstić information content (AvgIpc) is 3.20. The van der Waals surface area contributed by atoms with Crippen molar-refractivity contribution in [3.8, 4) is 28.7 Å². The van der Waals surface area contributed by atoms with Crippen LogP contribution >= 0.6 is 0 Å². The molecule has 2 aromatic rings. The maximum atomic E-state index is 12.0. The van der Waals surface area contributed by atoms with Gasteiger partial charge in [-0.2, -0.15) is 0 Å². The Morgan fingerprint density at radius 2 is 1.25 bits per heavy atom. The van der Waals surface area contributed by atoms with Crippen molar-refractivity contribution >= 4 is 18.0 Å². The highest BCUT2D eigenvalue weighted by molar-refractivity contribution is 5.90. The first-order valence-electron chi connectivity index (χ1n) is 18.2. The summed E-state index contributed by atoms with van der Waals surface area (Å²) in [5.41, 5.74) is 0.0443. The summed E-state index contributed by atoms with van der Waals surface area (Å²) >= 11 is 0. The summed E-state index contributed by atoms with van der Waals surface area (Å²) in [7, 11) is 0. The van der Waals surface area contributed by atoms with Crippen LogP contribution in [0.5, 0.6) is 28.7 Å². The number of aliphatic hydroxyl groups is 11. The van der Waals surface area contributed by atoms with Crippen molar-refractivity contribution in [3.63, 3.8) is 0 Å². The summed E-state index contributed by atoms with van der Waals surface area (Å²) in [6.07, 6.45) is -27.8. The molecule has 0 spiro atoms. The van der Waals surface area contributed by atoms with E-state index in [4.69, 9.17) is 43.0 Å². The van der Waals surface area contributed by atoms with Gasteiger partial charge in [-0.3, -0.25) is 9.59 Å². The molecule has 24 heteroatoms. The molecule has 0 aromatic heterocycles. The smallest absolute Gasteiger partial charge is 0.317 e. The minimum Gasteiger partial charge on any atom is -0.508 e. The fraction of sp³-hybridized carbons (Fsp3) is 0.556. The van der Waals surface area contributed by atoms with Gasteiger partial charge in [0.2, 0.25) is 12.6 Å². The number of aliphatic carboxylic acids is 1. The maximum Gasteiger partial charge on any atom is 0.317 e. The molecular weight excluding hydrogens is 816 g/mol. The number of rotatable bonds is 13. The van der Waals surface area contributed by atoms with E-state index in [2.05, 4.69) is 0 Å². The zero-order chi connectivity index (χ0) is 43.7. The second-order valence-electron chi connectivity index (χ2n) is 14.2. The number of aromatic hydroxyl groups is 2. The predicted octanol–water partition coefficient (Wildman–Crippen LogP) is -4.66. The van der Waals surface area contributed by atoms with Gasteiger partial charge in [0, 0.05) is 17.7 Å². The van der Waals surface area contributed by atoms with E-state index in [1.807, 2.05) is 0 Å². The van der Waals surface area contributed by atoms with Gasteiger partial charge in [0.1, 0.15) is 109 Å². The number of phenolic OH excluding ortho intramolecular Hbond substituents is 2. The highest BCUT2D eigenvalue weighted by atomic mass is 16.7. The Morgan fingerprint density at radius 3 is 1.87 bits per heavy atom. The fourth-order valence-electron chi connectivity index (χ4n) is 6.75. The number of carbonyl (C=O) groups is 2. The van der Waals surface area contributed by atoms with Crippen LogP contribution < -0.4 is 14.2 Å². The summed E-state index contributed by atoms with van der Waals surface area (Å²) in [6, 6.07) is 5.83. The minimum absolute atomic E-state index is 0.0597. The van der Waals surface area contributed by atoms with Crippen molar-refractivity contribution in [1.82, 2.24) is 0 Å². The number of carboxylic acids is 1. The number of hydrogen-bond donors (Lipinski definition) is 14. The summed E-state index contributed by atoms with van der Waals surface area (Å²) in [5.74, 6) is -5.05. The van der Waals surface area contributed by atoms with Crippen LogP contribution in [0.2, 0.25) is 0 Å². The van der Waals surface area contributed by atoms with E-state index in [1.54, 1.807) is 0 Å². The van der Waals surface area contributed by atoms with Crippen LogP contribution in [-0.2, 0) is 33.3 Å². The largest absolute Gasteiger partial charge is 0.508 e. The lowest BCUT2D eigenvalue weighted by Crippen LogP contribution is -2.65. The summed E-state index contributed by atoms with van der Waals surface area (Å²) < 4.78 is 44.1. The van der Waals surface area contributed by atoms with Crippen molar-refractivity contribution in [2.24, 2.45) is 0 Å². The molecule has 3 fully saturated rings. The van der Waals surface area contributed by atoms with Gasteiger partial charge < -0.3 is 109 Å². The Labute approximate surface area is 337 Å². The normalized spacial score (nSPS) is 36.6. The molecule has 24 nitrogen and oxygen atoms in total. The van der Waals surface area contributed by atoms with Gasteiger partial charge in [-0.1, -0.05) is 6.07 Å². The number of phenols is 2. The molecule has 0 bridgehead atoms. The number of ether oxygens (including phenoxy) is 8. The molecule has 0 amide bonds. The topological polar surface area (TPSA) is 391 Å². The summed E-state index contributed by atoms with van der Waals surface area (Å²) in [5, 5.41) is 144. The third kappa shape index (κ3) is 9.31. The predicted molar refractivity (Wildman–Crippen MR) is 188 cm³/mol. The lowest BCUT2D eigenvalue weighted by Gasteiger charge is -2.46. The van der Waals surface area contributed by atoms with E-state index in [0.717, 1.165) is 18.2 Å². The molecular formula is C36H44O24. The highest BCUT2D eigenvalue weighted by Crippen LogP contribution is 2.45. The van der Waals surface area contributed by atoms with Crippen LogP contribution in [-0.4, -0.2) is 195 Å². The van der Waals surface area contributed by atoms with Gasteiger partial charge in [-0.15, -0.1) is 0 Å². The average molecular weight is 861 g/mol. The van der Waals surface area contributed by atoms with Crippen molar-refractivity contribution < 1.29 is 119 Å². The number of carboxylic acid groups (broad SMARTS) is 1. The van der Waals surface area contributed by atoms with Gasteiger partial charge in [0.05, 0.1) is 18.8 Å². The number of hydrogen-bond acceptors (Lipinski definition) is 23. The van der Waals surface area contributed by atoms with E-state index in [9.17, 15) is 76.0 Å². The molecule has 16 atom stereocenters. The summed E-state index contributed by atoms with van der Waals surface area (Å²) in [4.78, 5) is 23.0. The number of carbonyl (C=O) groups excluding carboxylic acids is 1. The molecule has 0 radical (unpaired) electrons. The third-order valence-electron chi connectivity index (χ3n) is 10.0. The van der Waals surface area contributed by atoms with Crippen molar-refractivity contribution in [3.05, 3.63) is 47.2 Å². The Hall–Kier alpha value is -4.64. The first kappa shape index (κ1) is 44.9. The number of fused-ring (bicyclic) bond motifs is 1. The van der Waals surface area contributed by atoms with E-state index >= 15 is 0 Å². The Morgan fingerprint density at radius 1 is 0.650 bits per heavy atom.